The Labute approximate surface area is 131 Å². The molecule has 0 radical (unpaired) electrons. The van der Waals surface area contributed by atoms with E-state index in [9.17, 15) is 4.79 Å². The number of halogens is 2. The van der Waals surface area contributed by atoms with Gasteiger partial charge in [0.15, 0.2) is 0 Å². The Kier molecular flexibility index (Phi) is 6.80. The summed E-state index contributed by atoms with van der Waals surface area (Å²) < 4.78 is 0. The zero-order chi connectivity index (χ0) is 13.8. The van der Waals surface area contributed by atoms with Gasteiger partial charge in [-0.2, -0.15) is 0 Å². The number of amides is 1. The molecule has 0 heterocycles. The van der Waals surface area contributed by atoms with Gasteiger partial charge >= 0.3 is 0 Å². The van der Waals surface area contributed by atoms with E-state index in [1.807, 2.05) is 29.2 Å². The molecule has 1 aromatic carbocycles. The van der Waals surface area contributed by atoms with E-state index in [1.54, 1.807) is 6.92 Å². The average molecular weight is 317 g/mol. The van der Waals surface area contributed by atoms with Gasteiger partial charge in [-0.05, 0) is 31.4 Å². The molecule has 112 valence electrons. The first kappa shape index (κ1) is 17.3. The molecule has 0 saturated heterocycles. The predicted octanol–water partition coefficient (Wildman–Crippen LogP) is 3.38. The van der Waals surface area contributed by atoms with Crippen LogP contribution < -0.4 is 5.73 Å². The van der Waals surface area contributed by atoms with E-state index in [-0.39, 0.29) is 18.3 Å². The van der Waals surface area contributed by atoms with E-state index >= 15 is 0 Å². The number of nitrogens with two attached hydrogens (primary N) is 1. The van der Waals surface area contributed by atoms with Gasteiger partial charge in [0.1, 0.15) is 0 Å². The average Bonchev–Trinajstić information content (AvgIpc) is 2.90. The summed E-state index contributed by atoms with van der Waals surface area (Å²) in [5.74, 6) is 0.0202. The highest BCUT2D eigenvalue weighted by atomic mass is 35.5. The Morgan fingerprint density at radius 2 is 2.00 bits per heavy atom. The molecule has 1 saturated carbocycles. The van der Waals surface area contributed by atoms with Crippen LogP contribution in [0.4, 0.5) is 0 Å². The third kappa shape index (κ3) is 4.11. The number of carbonyl (C=O) groups is 1. The summed E-state index contributed by atoms with van der Waals surface area (Å²) in [4.78, 5) is 14.2. The molecule has 1 aliphatic rings. The van der Waals surface area contributed by atoms with Crippen LogP contribution in [0.3, 0.4) is 0 Å². The second kappa shape index (κ2) is 7.87. The summed E-state index contributed by atoms with van der Waals surface area (Å²) in [6.07, 6.45) is 4.53. The molecule has 0 aromatic heterocycles. The molecule has 2 N–H and O–H groups in total. The van der Waals surface area contributed by atoms with Crippen molar-refractivity contribution >= 4 is 29.9 Å². The summed E-state index contributed by atoms with van der Waals surface area (Å²) in [6, 6.07) is 7.54. The van der Waals surface area contributed by atoms with Gasteiger partial charge in [-0.25, -0.2) is 0 Å². The maximum atomic E-state index is 12.3. The van der Waals surface area contributed by atoms with Crippen molar-refractivity contribution in [3.8, 4) is 0 Å². The lowest BCUT2D eigenvalue weighted by Gasteiger charge is -2.31. The largest absolute Gasteiger partial charge is 0.334 e. The van der Waals surface area contributed by atoms with Crippen LogP contribution >= 0.6 is 24.0 Å². The van der Waals surface area contributed by atoms with Crippen LogP contribution in [0.25, 0.3) is 0 Å². The van der Waals surface area contributed by atoms with Crippen molar-refractivity contribution in [2.24, 2.45) is 5.73 Å². The number of benzene rings is 1. The molecule has 1 atom stereocenters. The van der Waals surface area contributed by atoms with Gasteiger partial charge < -0.3 is 10.6 Å². The first-order valence-corrected chi connectivity index (χ1v) is 7.27. The lowest BCUT2D eigenvalue weighted by molar-refractivity contribution is -0.135. The second-order valence-electron chi connectivity index (χ2n) is 5.28. The van der Waals surface area contributed by atoms with Crippen molar-refractivity contribution in [2.45, 2.75) is 51.2 Å². The molecule has 5 heteroatoms. The first-order valence-electron chi connectivity index (χ1n) is 6.89. The van der Waals surface area contributed by atoms with Crippen molar-refractivity contribution in [2.75, 3.05) is 0 Å². The highest BCUT2D eigenvalue weighted by Crippen LogP contribution is 2.27. The van der Waals surface area contributed by atoms with E-state index in [1.165, 1.54) is 12.8 Å². The Bertz CT molecular complexity index is 445. The van der Waals surface area contributed by atoms with Crippen LogP contribution in [-0.2, 0) is 11.3 Å². The molecule has 1 amide bonds. The van der Waals surface area contributed by atoms with Crippen molar-refractivity contribution in [1.29, 1.82) is 0 Å². The molecule has 1 aromatic rings. The minimum atomic E-state index is -0.455. The van der Waals surface area contributed by atoms with Crippen LogP contribution in [0.2, 0.25) is 5.02 Å². The number of nitrogens with zero attached hydrogens (tertiary/aromatic N) is 1. The topological polar surface area (TPSA) is 46.3 Å². The van der Waals surface area contributed by atoms with Crippen LogP contribution in [0.15, 0.2) is 24.3 Å². The molecule has 0 aliphatic heterocycles. The highest BCUT2D eigenvalue weighted by molar-refractivity contribution is 6.31. The monoisotopic (exact) mass is 316 g/mol. The fraction of sp³-hybridized carbons (Fsp3) is 0.533. The lowest BCUT2D eigenvalue weighted by atomic mass is 10.1. The number of rotatable bonds is 4. The number of carbonyl (C=O) groups excluding carboxylic acids is 1. The van der Waals surface area contributed by atoms with Crippen molar-refractivity contribution in [1.82, 2.24) is 4.90 Å². The Morgan fingerprint density at radius 1 is 1.40 bits per heavy atom. The maximum Gasteiger partial charge on any atom is 0.239 e. The fourth-order valence-electron chi connectivity index (χ4n) is 2.67. The van der Waals surface area contributed by atoms with Crippen LogP contribution in [-0.4, -0.2) is 22.9 Å². The van der Waals surface area contributed by atoms with Gasteiger partial charge in [0.2, 0.25) is 5.91 Å². The smallest absolute Gasteiger partial charge is 0.239 e. The van der Waals surface area contributed by atoms with E-state index < -0.39 is 6.04 Å². The standard InChI is InChI=1S/C15H21ClN2O.ClH/c1-11(17)15(19)18(13-7-3-4-8-13)10-12-6-2-5-9-14(12)16;/h2,5-6,9,11,13H,3-4,7-8,10,17H2,1H3;1H/t11-;/m0./s1. The minimum absolute atomic E-state index is 0. The Morgan fingerprint density at radius 3 is 2.55 bits per heavy atom. The summed E-state index contributed by atoms with van der Waals surface area (Å²) >= 11 is 6.19. The summed E-state index contributed by atoms with van der Waals surface area (Å²) in [5, 5.41) is 0.711. The van der Waals surface area contributed by atoms with Gasteiger partial charge in [0.05, 0.1) is 6.04 Å². The Hall–Kier alpha value is -0.770. The molecule has 20 heavy (non-hydrogen) atoms. The Balaban J connectivity index is 0.00000200. The minimum Gasteiger partial charge on any atom is -0.334 e. The van der Waals surface area contributed by atoms with E-state index in [4.69, 9.17) is 17.3 Å². The lowest BCUT2D eigenvalue weighted by Crippen LogP contribution is -2.46. The van der Waals surface area contributed by atoms with E-state index in [0.717, 1.165) is 18.4 Å². The fourth-order valence-corrected chi connectivity index (χ4v) is 2.87. The third-order valence-electron chi connectivity index (χ3n) is 3.74. The van der Waals surface area contributed by atoms with Crippen molar-refractivity contribution in [3.05, 3.63) is 34.9 Å². The third-order valence-corrected chi connectivity index (χ3v) is 4.11. The van der Waals surface area contributed by atoms with Gasteiger partial charge in [0, 0.05) is 17.6 Å². The predicted molar refractivity (Wildman–Crippen MR) is 85.2 cm³/mol. The summed E-state index contributed by atoms with van der Waals surface area (Å²) in [5.41, 5.74) is 6.76. The zero-order valence-corrected chi connectivity index (χ0v) is 13.3. The molecule has 0 unspecified atom stereocenters. The SMILES string of the molecule is C[C@H](N)C(=O)N(Cc1ccccc1Cl)C1CCCC1.Cl. The molecule has 0 bridgehead atoms. The molecule has 0 spiro atoms. The van der Waals surface area contributed by atoms with E-state index in [0.29, 0.717) is 17.6 Å². The van der Waals surface area contributed by atoms with Gasteiger partial charge in [-0.3, -0.25) is 4.79 Å². The summed E-state index contributed by atoms with van der Waals surface area (Å²) in [6.45, 7) is 2.31. The van der Waals surface area contributed by atoms with Crippen molar-refractivity contribution < 1.29 is 4.79 Å². The van der Waals surface area contributed by atoms with Gasteiger partial charge in [-0.1, -0.05) is 42.6 Å². The molecule has 3 nitrogen and oxygen atoms in total. The van der Waals surface area contributed by atoms with Crippen molar-refractivity contribution in [3.63, 3.8) is 0 Å². The van der Waals surface area contributed by atoms with Crippen LogP contribution in [0.5, 0.6) is 0 Å². The first-order chi connectivity index (χ1) is 9.09. The maximum absolute atomic E-state index is 12.3. The van der Waals surface area contributed by atoms with Gasteiger partial charge in [0.25, 0.3) is 0 Å². The zero-order valence-electron chi connectivity index (χ0n) is 11.7. The molecule has 1 aliphatic carbocycles. The van der Waals surface area contributed by atoms with Crippen LogP contribution in [0.1, 0.15) is 38.2 Å². The molecule has 1 fully saturated rings. The second-order valence-corrected chi connectivity index (χ2v) is 5.69. The normalized spacial score (nSPS) is 16.6. The van der Waals surface area contributed by atoms with Crippen LogP contribution in [0, 0.1) is 0 Å². The number of hydrogen-bond donors (Lipinski definition) is 1. The van der Waals surface area contributed by atoms with Gasteiger partial charge in [-0.15, -0.1) is 12.4 Å². The summed E-state index contributed by atoms with van der Waals surface area (Å²) in [7, 11) is 0. The van der Waals surface area contributed by atoms with E-state index in [2.05, 4.69) is 0 Å². The molecular weight excluding hydrogens is 295 g/mol. The number of hydrogen-bond acceptors (Lipinski definition) is 2. The quantitative estimate of drug-likeness (QED) is 0.925. The highest BCUT2D eigenvalue weighted by Gasteiger charge is 2.28. The molecular formula is C15H22Cl2N2O. The molecule has 2 rings (SSSR count).